The molecule has 2 N–H and O–H groups in total. The van der Waals surface area contributed by atoms with Gasteiger partial charge < -0.3 is 9.84 Å². The molecule has 5 nitrogen and oxygen atoms in total. The highest BCUT2D eigenvalue weighted by Crippen LogP contribution is 2.36. The molecule has 0 bridgehead atoms. The van der Waals surface area contributed by atoms with Crippen LogP contribution in [0.5, 0.6) is 5.75 Å². The van der Waals surface area contributed by atoms with E-state index in [4.69, 9.17) is 4.74 Å². The van der Waals surface area contributed by atoms with E-state index in [0.717, 1.165) is 42.1 Å². The molecule has 0 radical (unpaired) electrons. The monoisotopic (exact) mass is 315 g/mol. The Morgan fingerprint density at radius 2 is 2.26 bits per heavy atom. The van der Waals surface area contributed by atoms with Crippen LogP contribution in [0.2, 0.25) is 0 Å². The van der Waals surface area contributed by atoms with Crippen molar-refractivity contribution >= 4 is 0 Å². The van der Waals surface area contributed by atoms with Crippen molar-refractivity contribution in [2.24, 2.45) is 0 Å². The second kappa shape index (κ2) is 6.72. The summed E-state index contributed by atoms with van der Waals surface area (Å²) in [6.07, 6.45) is 1.75. The predicted octanol–water partition coefficient (Wildman–Crippen LogP) is 2.91. The number of hydrogen-bond acceptors (Lipinski definition) is 4. The highest BCUT2D eigenvalue weighted by atomic mass is 16.5. The fraction of sp³-hybridized carbons (Fsp3) is 0.500. The summed E-state index contributed by atoms with van der Waals surface area (Å²) in [5.74, 6) is 0.779. The molecule has 23 heavy (non-hydrogen) atoms. The van der Waals surface area contributed by atoms with E-state index in [1.807, 2.05) is 31.2 Å². The third-order valence-electron chi connectivity index (χ3n) is 4.77. The molecule has 2 aromatic rings. The number of benzene rings is 1. The molecule has 3 rings (SSSR count). The normalized spacial score (nSPS) is 19.9. The summed E-state index contributed by atoms with van der Waals surface area (Å²) < 4.78 is 5.25. The van der Waals surface area contributed by atoms with Crippen LogP contribution in [0.3, 0.4) is 0 Å². The summed E-state index contributed by atoms with van der Waals surface area (Å²) >= 11 is 0. The standard InChI is InChI=1S/C18H25N3O2/c1-12-18(13(2)20-19-12)16-8-5-9-21(16)11-17(22)14-6-4-7-15(10-14)23-3/h4,6-7,10,16-17,22H,5,8-9,11H2,1-3H3,(H,19,20). The highest BCUT2D eigenvalue weighted by molar-refractivity contribution is 5.31. The fourth-order valence-electron chi connectivity index (χ4n) is 3.60. The Kier molecular flexibility index (Phi) is 4.68. The van der Waals surface area contributed by atoms with Gasteiger partial charge in [-0.15, -0.1) is 0 Å². The quantitative estimate of drug-likeness (QED) is 0.890. The number of aliphatic hydroxyl groups excluding tert-OH is 1. The number of nitrogens with one attached hydrogen (secondary N) is 1. The van der Waals surface area contributed by atoms with Gasteiger partial charge in [-0.05, 0) is 50.9 Å². The highest BCUT2D eigenvalue weighted by Gasteiger charge is 2.31. The summed E-state index contributed by atoms with van der Waals surface area (Å²) in [7, 11) is 1.65. The van der Waals surface area contributed by atoms with Crippen LogP contribution in [0.4, 0.5) is 0 Å². The molecule has 0 saturated carbocycles. The number of methoxy groups -OCH3 is 1. The number of ether oxygens (including phenoxy) is 1. The van der Waals surface area contributed by atoms with Gasteiger partial charge in [0.25, 0.3) is 0 Å². The van der Waals surface area contributed by atoms with Gasteiger partial charge in [-0.2, -0.15) is 5.10 Å². The van der Waals surface area contributed by atoms with E-state index >= 15 is 0 Å². The number of likely N-dealkylation sites (tertiary alicyclic amines) is 1. The second-order valence-corrected chi connectivity index (χ2v) is 6.29. The lowest BCUT2D eigenvalue weighted by molar-refractivity contribution is 0.106. The molecule has 5 heteroatoms. The lowest BCUT2D eigenvalue weighted by Crippen LogP contribution is -2.29. The van der Waals surface area contributed by atoms with Crippen molar-refractivity contribution in [2.45, 2.75) is 38.8 Å². The predicted molar refractivity (Wildman–Crippen MR) is 89.6 cm³/mol. The van der Waals surface area contributed by atoms with E-state index in [0.29, 0.717) is 12.6 Å². The SMILES string of the molecule is COc1cccc(C(O)CN2CCCC2c2c(C)n[nH]c2C)c1. The first-order valence-electron chi connectivity index (χ1n) is 8.17. The van der Waals surface area contributed by atoms with Crippen molar-refractivity contribution < 1.29 is 9.84 Å². The number of aromatic nitrogens is 2. The minimum Gasteiger partial charge on any atom is -0.497 e. The van der Waals surface area contributed by atoms with Gasteiger partial charge in [-0.3, -0.25) is 10.00 Å². The number of aryl methyl sites for hydroxylation is 2. The summed E-state index contributed by atoms with van der Waals surface area (Å²) in [5, 5.41) is 18.0. The van der Waals surface area contributed by atoms with E-state index < -0.39 is 6.10 Å². The molecule has 1 aliphatic rings. The zero-order valence-electron chi connectivity index (χ0n) is 14.0. The van der Waals surface area contributed by atoms with Crippen LogP contribution in [0, 0.1) is 13.8 Å². The average molecular weight is 315 g/mol. The lowest BCUT2D eigenvalue weighted by Gasteiger charge is -2.27. The van der Waals surface area contributed by atoms with E-state index in [1.54, 1.807) is 7.11 Å². The molecule has 2 heterocycles. The average Bonchev–Trinajstić information content (AvgIpc) is 3.13. The molecule has 1 saturated heterocycles. The Hall–Kier alpha value is -1.85. The summed E-state index contributed by atoms with van der Waals surface area (Å²) in [4.78, 5) is 2.37. The molecule has 124 valence electrons. The van der Waals surface area contributed by atoms with Crippen LogP contribution in [0.15, 0.2) is 24.3 Å². The van der Waals surface area contributed by atoms with Crippen LogP contribution in [-0.2, 0) is 0 Å². The molecule has 1 aromatic heterocycles. The Morgan fingerprint density at radius 3 is 2.96 bits per heavy atom. The zero-order chi connectivity index (χ0) is 16.4. The molecule has 1 aliphatic heterocycles. The number of β-amino-alcohol motifs (C(OH)–C–C–N with tert-alkyl or cyclic N) is 1. The van der Waals surface area contributed by atoms with E-state index in [1.165, 1.54) is 5.56 Å². The zero-order valence-corrected chi connectivity index (χ0v) is 14.0. The fourth-order valence-corrected chi connectivity index (χ4v) is 3.60. The van der Waals surface area contributed by atoms with Crippen molar-refractivity contribution in [3.05, 3.63) is 46.8 Å². The Labute approximate surface area is 137 Å². The number of aliphatic hydroxyl groups is 1. The molecule has 2 unspecified atom stereocenters. The largest absolute Gasteiger partial charge is 0.497 e. The molecule has 0 aliphatic carbocycles. The molecule has 1 aromatic carbocycles. The second-order valence-electron chi connectivity index (χ2n) is 6.29. The van der Waals surface area contributed by atoms with Crippen molar-refractivity contribution in [1.29, 1.82) is 0 Å². The summed E-state index contributed by atoms with van der Waals surface area (Å²) in [5.41, 5.74) is 4.39. The van der Waals surface area contributed by atoms with Gasteiger partial charge in [0.05, 0.1) is 18.9 Å². The smallest absolute Gasteiger partial charge is 0.119 e. The van der Waals surface area contributed by atoms with E-state index in [-0.39, 0.29) is 0 Å². The van der Waals surface area contributed by atoms with Gasteiger partial charge in [0.1, 0.15) is 5.75 Å². The Balaban J connectivity index is 1.76. The van der Waals surface area contributed by atoms with Crippen molar-refractivity contribution in [3.63, 3.8) is 0 Å². The third kappa shape index (κ3) is 3.26. The van der Waals surface area contributed by atoms with Crippen LogP contribution in [-0.4, -0.2) is 40.4 Å². The maximum Gasteiger partial charge on any atom is 0.119 e. The van der Waals surface area contributed by atoms with Gasteiger partial charge >= 0.3 is 0 Å². The number of hydrogen-bond donors (Lipinski definition) is 2. The molecular weight excluding hydrogens is 290 g/mol. The van der Waals surface area contributed by atoms with Gasteiger partial charge in [-0.1, -0.05) is 12.1 Å². The van der Waals surface area contributed by atoms with Gasteiger partial charge in [0.2, 0.25) is 0 Å². The van der Waals surface area contributed by atoms with Gasteiger partial charge in [-0.25, -0.2) is 0 Å². The number of rotatable bonds is 5. The molecule has 2 atom stereocenters. The summed E-state index contributed by atoms with van der Waals surface area (Å²) in [6, 6.07) is 8.02. The Bertz CT molecular complexity index is 649. The van der Waals surface area contributed by atoms with E-state index in [9.17, 15) is 5.11 Å². The topological polar surface area (TPSA) is 61.4 Å². The molecule has 0 spiro atoms. The van der Waals surface area contributed by atoms with Crippen molar-refractivity contribution in [1.82, 2.24) is 15.1 Å². The minimum absolute atomic E-state index is 0.342. The first kappa shape index (κ1) is 16.0. The number of nitrogens with zero attached hydrogens (tertiary/aromatic N) is 2. The van der Waals surface area contributed by atoms with Crippen LogP contribution >= 0.6 is 0 Å². The van der Waals surface area contributed by atoms with Crippen LogP contribution in [0.25, 0.3) is 0 Å². The number of aromatic amines is 1. The van der Waals surface area contributed by atoms with Crippen molar-refractivity contribution in [3.8, 4) is 5.75 Å². The van der Waals surface area contributed by atoms with E-state index in [2.05, 4.69) is 22.0 Å². The lowest BCUT2D eigenvalue weighted by atomic mass is 10.0. The summed E-state index contributed by atoms with van der Waals surface area (Å²) in [6.45, 7) is 5.76. The van der Waals surface area contributed by atoms with Crippen molar-refractivity contribution in [2.75, 3.05) is 20.2 Å². The van der Waals surface area contributed by atoms with Crippen LogP contribution < -0.4 is 4.74 Å². The number of H-pyrrole nitrogens is 1. The van der Waals surface area contributed by atoms with Gasteiger partial charge in [0, 0.05) is 23.8 Å². The molecular formula is C18H25N3O2. The van der Waals surface area contributed by atoms with Crippen LogP contribution in [0.1, 0.15) is 47.5 Å². The minimum atomic E-state index is -0.516. The Morgan fingerprint density at radius 1 is 1.43 bits per heavy atom. The maximum absolute atomic E-state index is 10.6. The van der Waals surface area contributed by atoms with Gasteiger partial charge in [0.15, 0.2) is 0 Å². The molecule has 1 fully saturated rings. The molecule has 0 amide bonds. The first-order chi connectivity index (χ1) is 11.1. The first-order valence-corrected chi connectivity index (χ1v) is 8.17. The third-order valence-corrected chi connectivity index (χ3v) is 4.77. The maximum atomic E-state index is 10.6.